The molecule has 0 fully saturated rings. The number of hydrogen-bond donors (Lipinski definition) is 1. The van der Waals surface area contributed by atoms with Crippen LogP contribution in [0, 0.1) is 0 Å². The molecule has 0 aromatic heterocycles. The van der Waals surface area contributed by atoms with E-state index in [1.165, 1.54) is 14.2 Å². The maximum atomic E-state index is 12.6. The Kier molecular flexibility index (Phi) is 6.80. The van der Waals surface area contributed by atoms with Crippen molar-refractivity contribution in [2.45, 2.75) is 12.5 Å². The lowest BCUT2D eigenvalue weighted by Crippen LogP contribution is -2.10. The Balaban J connectivity index is 2.15. The Labute approximate surface area is 146 Å². The van der Waals surface area contributed by atoms with Crippen molar-refractivity contribution < 1.29 is 28.8 Å². The summed E-state index contributed by atoms with van der Waals surface area (Å²) < 4.78 is 20.6. The summed E-state index contributed by atoms with van der Waals surface area (Å²) in [6.45, 7) is 0.00841. The van der Waals surface area contributed by atoms with Gasteiger partial charge in [0.25, 0.3) is 0 Å². The van der Waals surface area contributed by atoms with Crippen LogP contribution in [0.2, 0.25) is 0 Å². The van der Waals surface area contributed by atoms with Gasteiger partial charge in [0.2, 0.25) is 0 Å². The third-order valence-electron chi connectivity index (χ3n) is 3.70. The summed E-state index contributed by atoms with van der Waals surface area (Å²) in [5.74, 6) is 1.37. The number of hydrogen-bond acceptors (Lipinski definition) is 6. The molecule has 0 aliphatic heterocycles. The highest BCUT2D eigenvalue weighted by atomic mass is 16.7. The van der Waals surface area contributed by atoms with Crippen LogP contribution >= 0.6 is 0 Å². The van der Waals surface area contributed by atoms with Gasteiger partial charge in [-0.25, -0.2) is 0 Å². The molecule has 2 rings (SSSR count). The largest absolute Gasteiger partial charge is 0.497 e. The molecule has 6 heteroatoms. The van der Waals surface area contributed by atoms with Gasteiger partial charge in [0, 0.05) is 19.6 Å². The molecule has 25 heavy (non-hydrogen) atoms. The molecule has 0 spiro atoms. The fourth-order valence-electron chi connectivity index (χ4n) is 2.33. The number of carbonyl (C=O) groups excluding carboxylic acids is 1. The maximum Gasteiger partial charge on any atom is 0.188 e. The van der Waals surface area contributed by atoms with Gasteiger partial charge < -0.3 is 24.1 Å². The van der Waals surface area contributed by atoms with Crippen molar-refractivity contribution in [2.24, 2.45) is 0 Å². The third-order valence-corrected chi connectivity index (χ3v) is 3.70. The molecule has 2 aromatic rings. The number of benzene rings is 2. The second-order valence-corrected chi connectivity index (χ2v) is 5.33. The summed E-state index contributed by atoms with van der Waals surface area (Å²) >= 11 is 0. The van der Waals surface area contributed by atoms with Crippen molar-refractivity contribution in [3.63, 3.8) is 0 Å². The Morgan fingerprint density at radius 1 is 1.00 bits per heavy atom. The number of ketones is 1. The van der Waals surface area contributed by atoms with Crippen LogP contribution < -0.4 is 14.2 Å². The first kappa shape index (κ1) is 18.8. The first-order valence-electron chi connectivity index (χ1n) is 7.74. The van der Waals surface area contributed by atoms with E-state index in [1.54, 1.807) is 49.6 Å². The molecule has 0 aliphatic rings. The fourth-order valence-corrected chi connectivity index (χ4v) is 2.33. The van der Waals surface area contributed by atoms with E-state index >= 15 is 0 Å². The van der Waals surface area contributed by atoms with Crippen molar-refractivity contribution in [3.8, 4) is 17.2 Å². The Morgan fingerprint density at radius 3 is 2.24 bits per heavy atom. The summed E-state index contributed by atoms with van der Waals surface area (Å²) in [4.78, 5) is 12.6. The molecule has 0 radical (unpaired) electrons. The van der Waals surface area contributed by atoms with E-state index in [-0.39, 0.29) is 19.0 Å². The standard InChI is InChI=1S/C19H22O6/c1-22-12-25-19-10-15(24-3)8-9-16(19)18(21)11-17(20)13-4-6-14(23-2)7-5-13/h4-10,17,20H,11-12H2,1-3H3/t17-/m0/s1. The van der Waals surface area contributed by atoms with Crippen LogP contribution in [-0.2, 0) is 4.74 Å². The molecule has 0 aliphatic carbocycles. The topological polar surface area (TPSA) is 74.2 Å². The lowest BCUT2D eigenvalue weighted by molar-refractivity contribution is 0.0498. The minimum atomic E-state index is -0.921. The number of carbonyl (C=O) groups is 1. The Bertz CT molecular complexity index is 696. The lowest BCUT2D eigenvalue weighted by Gasteiger charge is -2.14. The summed E-state index contributed by atoms with van der Waals surface area (Å²) in [7, 11) is 4.60. The van der Waals surface area contributed by atoms with Gasteiger partial charge in [-0.3, -0.25) is 4.79 Å². The molecule has 1 atom stereocenters. The van der Waals surface area contributed by atoms with Crippen LogP contribution in [0.3, 0.4) is 0 Å². The van der Waals surface area contributed by atoms with Crippen molar-refractivity contribution >= 4 is 5.78 Å². The van der Waals surface area contributed by atoms with Crippen molar-refractivity contribution in [1.29, 1.82) is 0 Å². The molecule has 0 unspecified atom stereocenters. The van der Waals surface area contributed by atoms with Gasteiger partial charge in [-0.2, -0.15) is 0 Å². The Morgan fingerprint density at radius 2 is 1.64 bits per heavy atom. The van der Waals surface area contributed by atoms with E-state index in [4.69, 9.17) is 18.9 Å². The second-order valence-electron chi connectivity index (χ2n) is 5.33. The molecule has 134 valence electrons. The van der Waals surface area contributed by atoms with Crippen LogP contribution in [0.5, 0.6) is 17.2 Å². The van der Waals surface area contributed by atoms with Crippen LogP contribution in [0.15, 0.2) is 42.5 Å². The van der Waals surface area contributed by atoms with E-state index in [9.17, 15) is 9.90 Å². The van der Waals surface area contributed by atoms with Crippen LogP contribution in [-0.4, -0.2) is 39.0 Å². The SMILES string of the molecule is COCOc1cc(OC)ccc1C(=O)C[C@H](O)c1ccc(OC)cc1. The number of methoxy groups -OCH3 is 3. The second kappa shape index (κ2) is 9.05. The zero-order valence-electron chi connectivity index (χ0n) is 14.5. The van der Waals surface area contributed by atoms with Gasteiger partial charge in [0.05, 0.1) is 25.9 Å². The predicted octanol–water partition coefficient (Wildman–Crippen LogP) is 2.99. The predicted molar refractivity (Wildman–Crippen MR) is 92.4 cm³/mol. The smallest absolute Gasteiger partial charge is 0.188 e. The number of aliphatic hydroxyl groups is 1. The molecule has 6 nitrogen and oxygen atoms in total. The average molecular weight is 346 g/mol. The normalized spacial score (nSPS) is 11.7. The van der Waals surface area contributed by atoms with Crippen LogP contribution in [0.4, 0.5) is 0 Å². The minimum Gasteiger partial charge on any atom is -0.497 e. The molecule has 0 heterocycles. The van der Waals surface area contributed by atoms with Gasteiger partial charge in [0.15, 0.2) is 12.6 Å². The van der Waals surface area contributed by atoms with E-state index < -0.39 is 6.10 Å². The molecular weight excluding hydrogens is 324 g/mol. The number of Topliss-reactive ketones (excluding diaryl/α,β-unsaturated/α-hetero) is 1. The Hall–Kier alpha value is -2.57. The first-order chi connectivity index (χ1) is 12.1. The zero-order chi connectivity index (χ0) is 18.2. The highest BCUT2D eigenvalue weighted by Gasteiger charge is 2.19. The number of rotatable bonds is 9. The van der Waals surface area contributed by atoms with Gasteiger partial charge in [-0.15, -0.1) is 0 Å². The number of aliphatic hydroxyl groups excluding tert-OH is 1. The molecule has 1 N–H and O–H groups in total. The molecule has 0 bridgehead atoms. The highest BCUT2D eigenvalue weighted by molar-refractivity contribution is 5.99. The van der Waals surface area contributed by atoms with E-state index in [2.05, 4.69) is 0 Å². The van der Waals surface area contributed by atoms with E-state index in [1.807, 2.05) is 0 Å². The minimum absolute atomic E-state index is 0.00841. The molecule has 2 aromatic carbocycles. The van der Waals surface area contributed by atoms with Crippen molar-refractivity contribution in [3.05, 3.63) is 53.6 Å². The van der Waals surface area contributed by atoms with Gasteiger partial charge in [0.1, 0.15) is 17.2 Å². The summed E-state index contributed by atoms with van der Waals surface area (Å²) in [5, 5.41) is 10.3. The first-order valence-corrected chi connectivity index (χ1v) is 7.74. The fraction of sp³-hybridized carbons (Fsp3) is 0.316. The van der Waals surface area contributed by atoms with Crippen molar-refractivity contribution in [2.75, 3.05) is 28.1 Å². The summed E-state index contributed by atoms with van der Waals surface area (Å²) in [5.41, 5.74) is 1.01. The third kappa shape index (κ3) is 4.95. The summed E-state index contributed by atoms with van der Waals surface area (Å²) in [6.07, 6.45) is -0.988. The van der Waals surface area contributed by atoms with Gasteiger partial charge in [-0.05, 0) is 29.8 Å². The summed E-state index contributed by atoms with van der Waals surface area (Å²) in [6, 6.07) is 11.8. The lowest BCUT2D eigenvalue weighted by atomic mass is 9.99. The van der Waals surface area contributed by atoms with Crippen LogP contribution in [0.1, 0.15) is 28.4 Å². The van der Waals surface area contributed by atoms with E-state index in [0.717, 1.165) is 0 Å². The van der Waals surface area contributed by atoms with Crippen molar-refractivity contribution in [1.82, 2.24) is 0 Å². The van der Waals surface area contributed by atoms with Gasteiger partial charge in [-0.1, -0.05) is 12.1 Å². The molecule has 0 amide bonds. The highest BCUT2D eigenvalue weighted by Crippen LogP contribution is 2.28. The molecule has 0 saturated carbocycles. The zero-order valence-corrected chi connectivity index (χ0v) is 14.5. The monoisotopic (exact) mass is 346 g/mol. The van der Waals surface area contributed by atoms with Gasteiger partial charge >= 0.3 is 0 Å². The number of ether oxygens (including phenoxy) is 4. The quantitative estimate of drug-likeness (QED) is 0.556. The average Bonchev–Trinajstić information content (AvgIpc) is 2.65. The van der Waals surface area contributed by atoms with E-state index in [0.29, 0.717) is 28.4 Å². The maximum absolute atomic E-state index is 12.6. The van der Waals surface area contributed by atoms with Crippen LogP contribution in [0.25, 0.3) is 0 Å². The molecule has 0 saturated heterocycles. The molecular formula is C19H22O6.